The Hall–Kier alpha value is -3.19. The van der Waals surface area contributed by atoms with Crippen LogP contribution in [0.1, 0.15) is 24.3 Å². The highest BCUT2D eigenvalue weighted by Gasteiger charge is 2.25. The van der Waals surface area contributed by atoms with Gasteiger partial charge in [0.25, 0.3) is 0 Å². The van der Waals surface area contributed by atoms with Gasteiger partial charge in [-0.2, -0.15) is 0 Å². The van der Waals surface area contributed by atoms with Gasteiger partial charge >= 0.3 is 6.09 Å². The van der Waals surface area contributed by atoms with Gasteiger partial charge in [0, 0.05) is 13.0 Å². The van der Waals surface area contributed by atoms with Crippen LogP contribution in [-0.2, 0) is 20.9 Å². The maximum absolute atomic E-state index is 12.6. The molecule has 0 aliphatic rings. The molecule has 0 atom stereocenters. The van der Waals surface area contributed by atoms with Gasteiger partial charge in [0.2, 0.25) is 11.8 Å². The minimum Gasteiger partial charge on any atom is -0.452 e. The summed E-state index contributed by atoms with van der Waals surface area (Å²) in [6.45, 7) is 2.40. The van der Waals surface area contributed by atoms with Crippen LogP contribution in [-0.4, -0.2) is 30.7 Å². The second-order valence-electron chi connectivity index (χ2n) is 6.22. The molecule has 0 aliphatic heterocycles. The molecule has 2 amide bonds. The number of benzene rings is 2. The van der Waals surface area contributed by atoms with Gasteiger partial charge in [-0.3, -0.25) is 4.79 Å². The number of aromatic nitrogens is 1. The molecular weight excluding hydrogens is 360 g/mol. The number of amides is 2. The maximum Gasteiger partial charge on any atom is 0.420 e. The zero-order valence-electron chi connectivity index (χ0n) is 15.9. The van der Waals surface area contributed by atoms with E-state index in [4.69, 9.17) is 13.9 Å². The Bertz CT molecular complexity index is 933. The van der Waals surface area contributed by atoms with Crippen molar-refractivity contribution in [3.05, 3.63) is 60.0 Å². The molecule has 7 heteroatoms. The van der Waals surface area contributed by atoms with E-state index < -0.39 is 6.09 Å². The van der Waals surface area contributed by atoms with Crippen molar-refractivity contribution in [2.45, 2.75) is 26.4 Å². The van der Waals surface area contributed by atoms with Crippen LogP contribution in [0.4, 0.5) is 10.5 Å². The molecule has 0 unspecified atom stereocenters. The summed E-state index contributed by atoms with van der Waals surface area (Å²) in [5.74, 6) is 0.148. The Morgan fingerprint density at radius 3 is 2.61 bits per heavy atom. The lowest BCUT2D eigenvalue weighted by molar-refractivity contribution is -0.118. The second kappa shape index (κ2) is 9.14. The number of carbonyl (C=O) groups is 2. The molecule has 0 fully saturated rings. The molecule has 0 N–H and O–H groups in total. The Balaban J connectivity index is 1.51. The molecule has 1 heterocycles. The number of anilines is 1. The zero-order valence-corrected chi connectivity index (χ0v) is 15.9. The van der Waals surface area contributed by atoms with Gasteiger partial charge in [-0.05, 0) is 37.1 Å². The fraction of sp³-hybridized carbons (Fsp3) is 0.286. The lowest BCUT2D eigenvalue weighted by Crippen LogP contribution is -2.37. The summed E-state index contributed by atoms with van der Waals surface area (Å²) in [7, 11) is 1.25. The molecule has 2 aromatic carbocycles. The van der Waals surface area contributed by atoms with Crippen molar-refractivity contribution in [3.63, 3.8) is 0 Å². The van der Waals surface area contributed by atoms with Crippen LogP contribution in [0.15, 0.2) is 52.9 Å². The summed E-state index contributed by atoms with van der Waals surface area (Å²) in [4.78, 5) is 30.1. The Labute approximate surface area is 162 Å². The highest BCUT2D eigenvalue weighted by Crippen LogP contribution is 2.21. The van der Waals surface area contributed by atoms with Gasteiger partial charge in [-0.15, -0.1) is 0 Å². The third-order valence-corrected chi connectivity index (χ3v) is 4.21. The summed E-state index contributed by atoms with van der Waals surface area (Å²) in [6, 6.07) is 14.7. The third-order valence-electron chi connectivity index (χ3n) is 4.21. The summed E-state index contributed by atoms with van der Waals surface area (Å²) < 4.78 is 15.9. The minimum atomic E-state index is -0.702. The van der Waals surface area contributed by atoms with Crippen molar-refractivity contribution in [1.82, 2.24) is 4.98 Å². The van der Waals surface area contributed by atoms with Crippen LogP contribution in [0.3, 0.4) is 0 Å². The Kier molecular flexibility index (Phi) is 6.39. The molecule has 0 saturated carbocycles. The molecule has 3 aromatic rings. The van der Waals surface area contributed by atoms with Crippen molar-refractivity contribution >= 4 is 28.8 Å². The highest BCUT2D eigenvalue weighted by molar-refractivity contribution is 6.12. The summed E-state index contributed by atoms with van der Waals surface area (Å²) in [5.41, 5.74) is 2.83. The van der Waals surface area contributed by atoms with Gasteiger partial charge in [-0.1, -0.05) is 30.3 Å². The van der Waals surface area contributed by atoms with E-state index in [0.717, 1.165) is 16.0 Å². The quantitative estimate of drug-likeness (QED) is 0.569. The molecule has 0 aliphatic carbocycles. The number of hydrogen-bond donors (Lipinski definition) is 0. The topological polar surface area (TPSA) is 81.9 Å². The highest BCUT2D eigenvalue weighted by atomic mass is 16.5. The lowest BCUT2D eigenvalue weighted by atomic mass is 10.1. The predicted molar refractivity (Wildman–Crippen MR) is 104 cm³/mol. The lowest BCUT2D eigenvalue weighted by Gasteiger charge is -2.21. The second-order valence-corrected chi connectivity index (χ2v) is 6.22. The largest absolute Gasteiger partial charge is 0.452 e. The van der Waals surface area contributed by atoms with E-state index in [1.165, 1.54) is 7.11 Å². The first kappa shape index (κ1) is 19.6. The van der Waals surface area contributed by atoms with E-state index in [2.05, 4.69) is 4.98 Å². The number of imide groups is 1. The van der Waals surface area contributed by atoms with Gasteiger partial charge in [0.1, 0.15) is 12.1 Å². The molecule has 146 valence electrons. The monoisotopic (exact) mass is 382 g/mol. The molecule has 0 saturated heterocycles. The Morgan fingerprint density at radius 1 is 1.11 bits per heavy atom. The smallest absolute Gasteiger partial charge is 0.420 e. The SMILES string of the molecule is COC(=O)N(C(=O)CCCOCc1nc2ccccc2o1)c1ccccc1C. The fourth-order valence-electron chi connectivity index (χ4n) is 2.82. The van der Waals surface area contributed by atoms with Crippen molar-refractivity contribution in [2.75, 3.05) is 18.6 Å². The normalized spacial score (nSPS) is 10.8. The number of methoxy groups -OCH3 is 1. The molecule has 28 heavy (non-hydrogen) atoms. The average molecular weight is 382 g/mol. The number of carbonyl (C=O) groups excluding carboxylic acids is 2. The maximum atomic E-state index is 12.6. The summed E-state index contributed by atoms with van der Waals surface area (Å²) >= 11 is 0. The number of hydrogen-bond acceptors (Lipinski definition) is 6. The molecule has 7 nitrogen and oxygen atoms in total. The number of ether oxygens (including phenoxy) is 2. The summed E-state index contributed by atoms with van der Waals surface area (Å²) in [6.07, 6.45) is -0.0956. The standard InChI is InChI=1S/C21H22N2O5/c1-15-8-3-5-10-17(15)23(21(25)26-2)20(24)12-7-13-27-14-19-22-16-9-4-6-11-18(16)28-19/h3-6,8-11H,7,12-14H2,1-2H3. The van der Waals surface area contributed by atoms with Crippen LogP contribution in [0.25, 0.3) is 11.1 Å². The van der Waals surface area contributed by atoms with E-state index in [0.29, 0.717) is 30.2 Å². The fourth-order valence-corrected chi connectivity index (χ4v) is 2.82. The van der Waals surface area contributed by atoms with E-state index in [-0.39, 0.29) is 18.9 Å². The van der Waals surface area contributed by atoms with Crippen LogP contribution in [0, 0.1) is 6.92 Å². The van der Waals surface area contributed by atoms with Crippen LogP contribution in [0.2, 0.25) is 0 Å². The first-order chi connectivity index (χ1) is 13.6. The van der Waals surface area contributed by atoms with Gasteiger partial charge < -0.3 is 13.9 Å². The van der Waals surface area contributed by atoms with E-state index in [9.17, 15) is 9.59 Å². The number of fused-ring (bicyclic) bond motifs is 1. The van der Waals surface area contributed by atoms with Crippen molar-refractivity contribution < 1.29 is 23.5 Å². The van der Waals surface area contributed by atoms with Crippen LogP contribution >= 0.6 is 0 Å². The molecule has 1 aromatic heterocycles. The molecule has 0 spiro atoms. The average Bonchev–Trinajstić information content (AvgIpc) is 3.12. The van der Waals surface area contributed by atoms with Crippen LogP contribution in [0.5, 0.6) is 0 Å². The van der Waals surface area contributed by atoms with Crippen molar-refractivity contribution in [2.24, 2.45) is 0 Å². The number of para-hydroxylation sites is 3. The molecular formula is C21H22N2O5. The van der Waals surface area contributed by atoms with Crippen LogP contribution < -0.4 is 4.90 Å². The minimum absolute atomic E-state index is 0.150. The number of oxazole rings is 1. The van der Waals surface area contributed by atoms with E-state index in [1.54, 1.807) is 12.1 Å². The first-order valence-electron chi connectivity index (χ1n) is 8.99. The van der Waals surface area contributed by atoms with Gasteiger partial charge in [0.15, 0.2) is 5.58 Å². The van der Waals surface area contributed by atoms with E-state index >= 15 is 0 Å². The molecule has 0 radical (unpaired) electrons. The van der Waals surface area contributed by atoms with Crippen molar-refractivity contribution in [1.29, 1.82) is 0 Å². The number of rotatable bonds is 7. The van der Waals surface area contributed by atoms with E-state index in [1.807, 2.05) is 43.3 Å². The van der Waals surface area contributed by atoms with Crippen molar-refractivity contribution in [3.8, 4) is 0 Å². The number of nitrogens with zero attached hydrogens (tertiary/aromatic N) is 2. The van der Waals surface area contributed by atoms with Gasteiger partial charge in [-0.25, -0.2) is 14.7 Å². The number of aryl methyl sites for hydroxylation is 1. The summed E-state index contributed by atoms with van der Waals surface area (Å²) in [5, 5.41) is 0. The van der Waals surface area contributed by atoms with Gasteiger partial charge in [0.05, 0.1) is 12.8 Å². The predicted octanol–water partition coefficient (Wildman–Crippen LogP) is 4.23. The molecule has 0 bridgehead atoms. The Morgan fingerprint density at radius 2 is 1.86 bits per heavy atom. The third kappa shape index (κ3) is 4.55. The molecule has 3 rings (SSSR count). The zero-order chi connectivity index (χ0) is 19.9. The first-order valence-corrected chi connectivity index (χ1v) is 8.99.